The average molecular weight is 276 g/mol. The predicted molar refractivity (Wildman–Crippen MR) is 75.5 cm³/mol. The molecule has 0 aromatic rings. The molecule has 5 nitrogen and oxygen atoms in total. The summed E-state index contributed by atoms with van der Waals surface area (Å²) in [5.74, 6) is -0.191. The molecule has 0 spiro atoms. The number of esters is 1. The van der Waals surface area contributed by atoms with E-state index in [1.54, 1.807) is 0 Å². The molecule has 0 aromatic heterocycles. The van der Waals surface area contributed by atoms with Gasteiger partial charge in [-0.25, -0.2) is 4.79 Å². The Hall–Kier alpha value is -0.880. The van der Waals surface area contributed by atoms with E-state index in [9.17, 15) is 4.79 Å². The minimum absolute atomic E-state index is 0.112. The summed E-state index contributed by atoms with van der Waals surface area (Å²) < 4.78 is 9.94. The Labute approximate surface area is 115 Å². The second kappa shape index (κ2) is 10.1. The zero-order valence-electron chi connectivity index (χ0n) is 11.6. The molecular weight excluding hydrogens is 252 g/mol. The van der Waals surface area contributed by atoms with E-state index in [0.29, 0.717) is 11.7 Å². The van der Waals surface area contributed by atoms with Gasteiger partial charge in [-0.1, -0.05) is 13.8 Å². The number of methoxy groups -OCH3 is 1. The van der Waals surface area contributed by atoms with Crippen LogP contribution in [-0.4, -0.2) is 44.0 Å². The quantitative estimate of drug-likeness (QED) is 0.393. The van der Waals surface area contributed by atoms with Crippen molar-refractivity contribution in [2.75, 3.05) is 26.9 Å². The van der Waals surface area contributed by atoms with Gasteiger partial charge in [-0.05, 0) is 31.5 Å². The van der Waals surface area contributed by atoms with Crippen LogP contribution in [0.25, 0.3) is 0 Å². The van der Waals surface area contributed by atoms with Gasteiger partial charge in [0.2, 0.25) is 0 Å². The fourth-order valence-electron chi connectivity index (χ4n) is 1.34. The SMILES string of the molecule is CCOCCCNC(=S)NC(C(=O)OC)C(C)C. The summed E-state index contributed by atoms with van der Waals surface area (Å²) in [4.78, 5) is 11.5. The first-order valence-corrected chi connectivity index (χ1v) is 6.63. The zero-order chi connectivity index (χ0) is 14.0. The number of rotatable bonds is 8. The minimum atomic E-state index is -0.415. The van der Waals surface area contributed by atoms with Gasteiger partial charge in [-0.3, -0.25) is 0 Å². The monoisotopic (exact) mass is 276 g/mol. The molecule has 0 bridgehead atoms. The molecule has 0 saturated heterocycles. The van der Waals surface area contributed by atoms with Gasteiger partial charge < -0.3 is 20.1 Å². The number of nitrogens with one attached hydrogen (secondary N) is 2. The number of hydrogen-bond acceptors (Lipinski definition) is 4. The van der Waals surface area contributed by atoms with Crippen molar-refractivity contribution < 1.29 is 14.3 Å². The van der Waals surface area contributed by atoms with Gasteiger partial charge in [-0.2, -0.15) is 0 Å². The van der Waals surface area contributed by atoms with Crippen molar-refractivity contribution in [3.63, 3.8) is 0 Å². The highest BCUT2D eigenvalue weighted by molar-refractivity contribution is 7.80. The number of carbonyl (C=O) groups is 1. The molecule has 0 rings (SSSR count). The molecule has 1 atom stereocenters. The fraction of sp³-hybridized carbons (Fsp3) is 0.833. The van der Waals surface area contributed by atoms with Gasteiger partial charge in [0.05, 0.1) is 7.11 Å². The molecule has 0 fully saturated rings. The van der Waals surface area contributed by atoms with E-state index in [0.717, 1.165) is 19.6 Å². The number of carbonyl (C=O) groups excluding carboxylic acids is 1. The summed E-state index contributed by atoms with van der Waals surface area (Å²) >= 11 is 5.12. The van der Waals surface area contributed by atoms with Crippen molar-refractivity contribution in [3.05, 3.63) is 0 Å². The molecule has 106 valence electrons. The summed E-state index contributed by atoms with van der Waals surface area (Å²) in [6.45, 7) is 7.98. The molecule has 0 aromatic carbocycles. The van der Waals surface area contributed by atoms with Crippen molar-refractivity contribution in [3.8, 4) is 0 Å². The summed E-state index contributed by atoms with van der Waals surface area (Å²) in [6, 6.07) is -0.415. The molecule has 0 amide bonds. The minimum Gasteiger partial charge on any atom is -0.467 e. The maximum absolute atomic E-state index is 11.5. The standard InChI is InChI=1S/C12H24N2O3S/c1-5-17-8-6-7-13-12(18)14-10(9(2)3)11(15)16-4/h9-10H,5-8H2,1-4H3,(H2,13,14,18). The lowest BCUT2D eigenvalue weighted by Crippen LogP contribution is -2.49. The van der Waals surface area contributed by atoms with Gasteiger partial charge in [0.25, 0.3) is 0 Å². The van der Waals surface area contributed by atoms with E-state index >= 15 is 0 Å². The molecule has 2 N–H and O–H groups in total. The molecule has 18 heavy (non-hydrogen) atoms. The van der Waals surface area contributed by atoms with E-state index in [2.05, 4.69) is 10.6 Å². The Balaban J connectivity index is 3.92. The van der Waals surface area contributed by atoms with Crippen molar-refractivity contribution in [1.82, 2.24) is 10.6 Å². The molecule has 0 radical (unpaired) electrons. The highest BCUT2D eigenvalue weighted by Gasteiger charge is 2.23. The Morgan fingerprint density at radius 3 is 2.56 bits per heavy atom. The second-order valence-corrected chi connectivity index (χ2v) is 4.60. The topological polar surface area (TPSA) is 59.6 Å². The van der Waals surface area contributed by atoms with Crippen LogP contribution in [0.1, 0.15) is 27.2 Å². The molecule has 0 heterocycles. The Kier molecular flexibility index (Phi) is 9.59. The van der Waals surface area contributed by atoms with Crippen molar-refractivity contribution in [2.24, 2.45) is 5.92 Å². The van der Waals surface area contributed by atoms with Crippen LogP contribution in [0.5, 0.6) is 0 Å². The normalized spacial score (nSPS) is 12.1. The lowest BCUT2D eigenvalue weighted by Gasteiger charge is -2.21. The largest absolute Gasteiger partial charge is 0.467 e. The number of ether oxygens (including phenoxy) is 2. The first-order chi connectivity index (χ1) is 8.52. The smallest absolute Gasteiger partial charge is 0.328 e. The number of thiocarbonyl (C=S) groups is 1. The van der Waals surface area contributed by atoms with Crippen LogP contribution in [0.4, 0.5) is 0 Å². The Morgan fingerprint density at radius 1 is 1.39 bits per heavy atom. The zero-order valence-corrected chi connectivity index (χ0v) is 12.4. The molecule has 0 aliphatic heterocycles. The molecular formula is C12H24N2O3S. The van der Waals surface area contributed by atoms with Crippen LogP contribution >= 0.6 is 12.2 Å². The van der Waals surface area contributed by atoms with Gasteiger partial charge >= 0.3 is 5.97 Å². The number of hydrogen-bond donors (Lipinski definition) is 2. The van der Waals surface area contributed by atoms with Crippen LogP contribution < -0.4 is 10.6 Å². The highest BCUT2D eigenvalue weighted by Crippen LogP contribution is 2.03. The molecule has 0 aliphatic rings. The van der Waals surface area contributed by atoms with Crippen LogP contribution in [0.2, 0.25) is 0 Å². The van der Waals surface area contributed by atoms with Crippen molar-refractivity contribution >= 4 is 23.3 Å². The molecule has 0 saturated carbocycles. The van der Waals surface area contributed by atoms with Gasteiger partial charge in [0, 0.05) is 19.8 Å². The highest BCUT2D eigenvalue weighted by atomic mass is 32.1. The van der Waals surface area contributed by atoms with Crippen LogP contribution in [0.15, 0.2) is 0 Å². The predicted octanol–water partition coefficient (Wildman–Crippen LogP) is 1.07. The van der Waals surface area contributed by atoms with Gasteiger partial charge in [0.1, 0.15) is 6.04 Å². The lowest BCUT2D eigenvalue weighted by molar-refractivity contribution is -0.143. The molecule has 6 heteroatoms. The fourth-order valence-corrected chi connectivity index (χ4v) is 1.57. The average Bonchev–Trinajstić information content (AvgIpc) is 2.34. The van der Waals surface area contributed by atoms with Crippen LogP contribution in [0.3, 0.4) is 0 Å². The molecule has 0 aliphatic carbocycles. The van der Waals surface area contributed by atoms with E-state index in [4.69, 9.17) is 21.7 Å². The summed E-state index contributed by atoms with van der Waals surface area (Å²) in [7, 11) is 1.37. The Morgan fingerprint density at radius 2 is 2.06 bits per heavy atom. The van der Waals surface area contributed by atoms with E-state index in [-0.39, 0.29) is 11.9 Å². The van der Waals surface area contributed by atoms with E-state index in [1.165, 1.54) is 7.11 Å². The van der Waals surface area contributed by atoms with Gasteiger partial charge in [0.15, 0.2) is 5.11 Å². The maximum Gasteiger partial charge on any atom is 0.328 e. The van der Waals surface area contributed by atoms with Gasteiger partial charge in [-0.15, -0.1) is 0 Å². The summed E-state index contributed by atoms with van der Waals surface area (Å²) in [5, 5.41) is 6.47. The third-order valence-electron chi connectivity index (χ3n) is 2.36. The van der Waals surface area contributed by atoms with Crippen molar-refractivity contribution in [2.45, 2.75) is 33.2 Å². The maximum atomic E-state index is 11.5. The summed E-state index contributed by atoms with van der Waals surface area (Å²) in [6.07, 6.45) is 0.875. The summed E-state index contributed by atoms with van der Waals surface area (Å²) in [5.41, 5.74) is 0. The second-order valence-electron chi connectivity index (χ2n) is 4.20. The first kappa shape index (κ1) is 17.1. The third kappa shape index (κ3) is 7.45. The van der Waals surface area contributed by atoms with Crippen LogP contribution in [0, 0.1) is 5.92 Å². The van der Waals surface area contributed by atoms with E-state index < -0.39 is 6.04 Å². The Bertz CT molecular complexity index is 260. The lowest BCUT2D eigenvalue weighted by atomic mass is 10.1. The van der Waals surface area contributed by atoms with E-state index in [1.807, 2.05) is 20.8 Å². The first-order valence-electron chi connectivity index (χ1n) is 6.22. The van der Waals surface area contributed by atoms with Crippen LogP contribution in [-0.2, 0) is 14.3 Å². The van der Waals surface area contributed by atoms with Crippen molar-refractivity contribution in [1.29, 1.82) is 0 Å². The molecule has 1 unspecified atom stereocenters. The third-order valence-corrected chi connectivity index (χ3v) is 2.63.